The molecule has 3 nitrogen and oxygen atoms in total. The fourth-order valence-electron chi connectivity index (χ4n) is 7.14. The van der Waals surface area contributed by atoms with Crippen molar-refractivity contribution in [2.75, 3.05) is 0 Å². The molecule has 8 rings (SSSR count). The molecular formula is C45H27Br3O3. The quantitative estimate of drug-likeness (QED) is 0.143. The van der Waals surface area contributed by atoms with Gasteiger partial charge >= 0.3 is 0 Å². The van der Waals surface area contributed by atoms with Gasteiger partial charge in [0.25, 0.3) is 0 Å². The zero-order valence-electron chi connectivity index (χ0n) is 26.9. The van der Waals surface area contributed by atoms with Gasteiger partial charge in [0.1, 0.15) is 16.9 Å². The lowest BCUT2D eigenvalue weighted by Crippen LogP contribution is -2.40. The van der Waals surface area contributed by atoms with Crippen molar-refractivity contribution >= 4 is 64.9 Å². The summed E-state index contributed by atoms with van der Waals surface area (Å²) in [5.74, 6) is 0.643. The van der Waals surface area contributed by atoms with Crippen LogP contribution in [-0.2, 0) is 5.41 Å². The van der Waals surface area contributed by atoms with E-state index in [1.165, 1.54) is 0 Å². The number of carbonyl (C=O) groups excluding carboxylic acids is 2. The zero-order valence-corrected chi connectivity index (χ0v) is 31.7. The molecule has 0 unspecified atom stereocenters. The van der Waals surface area contributed by atoms with Crippen LogP contribution in [0.5, 0.6) is 0 Å². The number of furan rings is 1. The van der Waals surface area contributed by atoms with E-state index < -0.39 is 5.41 Å². The number of carbonyl (C=O) groups is 2. The molecule has 0 saturated carbocycles. The minimum atomic E-state index is -1.61. The maximum atomic E-state index is 15.9. The van der Waals surface area contributed by atoms with E-state index in [1.807, 2.05) is 164 Å². The van der Waals surface area contributed by atoms with Crippen molar-refractivity contribution in [2.45, 2.75) is 5.41 Å². The van der Waals surface area contributed by atoms with Crippen molar-refractivity contribution in [2.24, 2.45) is 0 Å². The summed E-state index contributed by atoms with van der Waals surface area (Å²) in [5.41, 5.74) is 4.83. The molecule has 0 bridgehead atoms. The van der Waals surface area contributed by atoms with E-state index >= 15 is 9.59 Å². The Balaban J connectivity index is 1.61. The highest BCUT2D eigenvalue weighted by atomic mass is 79.9. The largest absolute Gasteiger partial charge is 0.455 e. The summed E-state index contributed by atoms with van der Waals surface area (Å²) >= 11 is 10.7. The second-order valence-corrected chi connectivity index (χ2v) is 15.0. The molecule has 0 aliphatic heterocycles. The monoisotopic (exact) mass is 852 g/mol. The van der Waals surface area contributed by atoms with Gasteiger partial charge in [0, 0.05) is 57.9 Å². The summed E-state index contributed by atoms with van der Waals surface area (Å²) in [7, 11) is 0. The number of allylic oxidation sites excluding steroid dienone is 1. The third-order valence-electron chi connectivity index (χ3n) is 9.35. The van der Waals surface area contributed by atoms with Crippen molar-refractivity contribution in [1.82, 2.24) is 0 Å². The topological polar surface area (TPSA) is 47.3 Å². The lowest BCUT2D eigenvalue weighted by Gasteiger charge is -2.33. The number of rotatable bonds is 8. The molecule has 1 aliphatic rings. The van der Waals surface area contributed by atoms with E-state index in [1.54, 1.807) is 0 Å². The fourth-order valence-corrected chi connectivity index (χ4v) is 7.93. The molecule has 1 atom stereocenters. The van der Waals surface area contributed by atoms with Crippen LogP contribution < -0.4 is 0 Å². The Hall–Kier alpha value is -4.88. The molecule has 0 N–H and O–H groups in total. The molecule has 246 valence electrons. The van der Waals surface area contributed by atoms with Crippen molar-refractivity contribution in [3.8, 4) is 22.6 Å². The molecular weight excluding hydrogens is 828 g/mol. The van der Waals surface area contributed by atoms with Crippen molar-refractivity contribution < 1.29 is 14.0 Å². The van der Waals surface area contributed by atoms with Gasteiger partial charge in [-0.15, -0.1) is 0 Å². The van der Waals surface area contributed by atoms with Gasteiger partial charge in [-0.2, -0.15) is 0 Å². The smallest absolute Gasteiger partial charge is 0.191 e. The predicted octanol–water partition coefficient (Wildman–Crippen LogP) is 12.8. The molecule has 0 amide bonds. The van der Waals surface area contributed by atoms with E-state index in [0.29, 0.717) is 44.9 Å². The first kappa shape index (κ1) is 33.3. The molecule has 1 heterocycles. The summed E-state index contributed by atoms with van der Waals surface area (Å²) < 4.78 is 9.67. The number of Topliss-reactive ketones (excluding diaryl/α,β-unsaturated/α-hetero) is 2. The summed E-state index contributed by atoms with van der Waals surface area (Å²) in [6.07, 6.45) is 0. The van der Waals surface area contributed by atoms with Crippen molar-refractivity contribution in [3.63, 3.8) is 0 Å². The van der Waals surface area contributed by atoms with Crippen LogP contribution in [-0.4, -0.2) is 11.6 Å². The lowest BCUT2D eigenvalue weighted by atomic mass is 9.64. The SMILES string of the molecule is O=C(C1=C(c2ccccc2)c2c(-c3ccc(Br)cc3)oc(-c3ccccc3)c2[C@@]1(C(=O)c1ccc(Br)cc1)c1ccccc1)c1ccc(Br)cc1. The number of fused-ring (bicyclic) bond motifs is 1. The number of ketones is 2. The Morgan fingerprint density at radius 3 is 1.47 bits per heavy atom. The zero-order chi connectivity index (χ0) is 35.1. The van der Waals surface area contributed by atoms with Gasteiger partial charge in [-0.05, 0) is 59.7 Å². The molecule has 6 aromatic carbocycles. The van der Waals surface area contributed by atoms with Gasteiger partial charge in [-0.25, -0.2) is 0 Å². The van der Waals surface area contributed by atoms with E-state index in [0.717, 1.165) is 35.7 Å². The van der Waals surface area contributed by atoms with Crippen LogP contribution >= 0.6 is 47.8 Å². The average molecular weight is 855 g/mol. The first-order valence-electron chi connectivity index (χ1n) is 16.3. The van der Waals surface area contributed by atoms with Crippen LogP contribution in [0.1, 0.15) is 43.0 Å². The Bertz CT molecular complexity index is 2430. The third-order valence-corrected chi connectivity index (χ3v) is 10.9. The number of hydrogen-bond acceptors (Lipinski definition) is 3. The summed E-state index contributed by atoms with van der Waals surface area (Å²) in [5, 5.41) is 0. The highest BCUT2D eigenvalue weighted by Crippen LogP contribution is 2.61. The van der Waals surface area contributed by atoms with Crippen LogP contribution in [0.4, 0.5) is 0 Å². The van der Waals surface area contributed by atoms with E-state index in [2.05, 4.69) is 47.8 Å². The van der Waals surface area contributed by atoms with Gasteiger partial charge < -0.3 is 4.42 Å². The van der Waals surface area contributed by atoms with E-state index in [4.69, 9.17) is 4.42 Å². The van der Waals surface area contributed by atoms with Crippen molar-refractivity contribution in [3.05, 3.63) is 216 Å². The highest BCUT2D eigenvalue weighted by Gasteiger charge is 2.58. The van der Waals surface area contributed by atoms with E-state index in [-0.39, 0.29) is 11.6 Å². The second kappa shape index (κ2) is 13.7. The second-order valence-electron chi connectivity index (χ2n) is 12.3. The van der Waals surface area contributed by atoms with Gasteiger partial charge in [0.05, 0.1) is 0 Å². The summed E-state index contributed by atoms with van der Waals surface area (Å²) in [6, 6.07) is 52.0. The Labute approximate surface area is 321 Å². The average Bonchev–Trinajstić information content (AvgIpc) is 3.71. The third kappa shape index (κ3) is 5.72. The Kier molecular flexibility index (Phi) is 8.93. The van der Waals surface area contributed by atoms with Gasteiger partial charge in [0.15, 0.2) is 11.6 Å². The minimum Gasteiger partial charge on any atom is -0.455 e. The van der Waals surface area contributed by atoms with Crippen LogP contribution in [0.15, 0.2) is 187 Å². The van der Waals surface area contributed by atoms with Crippen molar-refractivity contribution in [1.29, 1.82) is 0 Å². The van der Waals surface area contributed by atoms with Gasteiger partial charge in [-0.3, -0.25) is 9.59 Å². The molecule has 51 heavy (non-hydrogen) atoms. The maximum Gasteiger partial charge on any atom is 0.191 e. The van der Waals surface area contributed by atoms with Crippen LogP contribution in [0.2, 0.25) is 0 Å². The number of hydrogen-bond donors (Lipinski definition) is 0. The minimum absolute atomic E-state index is 0.228. The standard InChI is InChI=1S/C45H27Br3O3/c46-34-22-16-29(17-23-34)41(49)39-37(28-10-4-1-5-11-28)38-40(43(30-12-6-2-7-13-30)51-42(38)31-18-24-35(47)25-19-31)45(39,33-14-8-3-9-15-33)44(50)32-20-26-36(48)27-21-32/h1-27H/t45-/m1/s1. The number of benzene rings is 6. The van der Waals surface area contributed by atoms with Gasteiger partial charge in [-0.1, -0.05) is 163 Å². The summed E-state index contributed by atoms with van der Waals surface area (Å²) in [4.78, 5) is 31.5. The molecule has 0 radical (unpaired) electrons. The maximum absolute atomic E-state index is 15.9. The Morgan fingerprint density at radius 2 is 0.922 bits per heavy atom. The number of halogens is 3. The molecule has 0 saturated heterocycles. The van der Waals surface area contributed by atoms with E-state index in [9.17, 15) is 0 Å². The molecule has 0 spiro atoms. The normalized spacial score (nSPS) is 15.1. The van der Waals surface area contributed by atoms with Crippen LogP contribution in [0.3, 0.4) is 0 Å². The van der Waals surface area contributed by atoms with Crippen LogP contribution in [0.25, 0.3) is 28.2 Å². The first-order chi connectivity index (χ1) is 24.9. The van der Waals surface area contributed by atoms with Crippen LogP contribution in [0, 0.1) is 0 Å². The lowest BCUT2D eigenvalue weighted by molar-refractivity contribution is 0.0903. The Morgan fingerprint density at radius 1 is 0.471 bits per heavy atom. The molecule has 7 aromatic rings. The fraction of sp³-hybridized carbons (Fsp3) is 0.0222. The molecule has 0 fully saturated rings. The molecule has 1 aliphatic carbocycles. The first-order valence-corrected chi connectivity index (χ1v) is 18.7. The molecule has 6 heteroatoms. The highest BCUT2D eigenvalue weighted by molar-refractivity contribution is 9.11. The molecule has 1 aromatic heterocycles. The van der Waals surface area contributed by atoms with Gasteiger partial charge in [0.2, 0.25) is 0 Å². The summed E-state index contributed by atoms with van der Waals surface area (Å²) in [6.45, 7) is 0. The predicted molar refractivity (Wildman–Crippen MR) is 214 cm³/mol.